The molecule has 0 saturated carbocycles. The van der Waals surface area contributed by atoms with Crippen LogP contribution in [0.2, 0.25) is 0 Å². The van der Waals surface area contributed by atoms with Crippen LogP contribution in [0.25, 0.3) is 0 Å². The molecule has 33 heavy (non-hydrogen) atoms. The van der Waals surface area contributed by atoms with Crippen molar-refractivity contribution in [2.24, 2.45) is 0 Å². The van der Waals surface area contributed by atoms with E-state index in [0.29, 0.717) is 47.6 Å². The highest BCUT2D eigenvalue weighted by molar-refractivity contribution is 6.11. The Morgan fingerprint density at radius 1 is 1.18 bits per heavy atom. The molecule has 2 amide bonds. The van der Waals surface area contributed by atoms with E-state index in [4.69, 9.17) is 4.74 Å². The van der Waals surface area contributed by atoms with Gasteiger partial charge in [-0.2, -0.15) is 0 Å². The number of amides is 2. The highest BCUT2D eigenvalue weighted by Gasteiger charge is 2.25. The molecule has 176 valence electrons. The number of ether oxygens (including phenoxy) is 1. The smallest absolute Gasteiger partial charge is 0.270 e. The van der Waals surface area contributed by atoms with Gasteiger partial charge in [0.15, 0.2) is 5.82 Å². The van der Waals surface area contributed by atoms with Crippen LogP contribution in [0, 0.1) is 0 Å². The minimum absolute atomic E-state index is 0.208. The van der Waals surface area contributed by atoms with Gasteiger partial charge in [-0.15, -0.1) is 0 Å². The lowest BCUT2D eigenvalue weighted by Gasteiger charge is -2.38. The molecule has 1 fully saturated rings. The van der Waals surface area contributed by atoms with Crippen molar-refractivity contribution in [3.8, 4) is 0 Å². The second-order valence-corrected chi connectivity index (χ2v) is 8.22. The first-order valence-corrected chi connectivity index (χ1v) is 11.6. The fraction of sp³-hybridized carbons (Fsp3) is 0.458. The number of anilines is 3. The van der Waals surface area contributed by atoms with E-state index in [1.807, 2.05) is 18.2 Å². The molecule has 2 aromatic rings. The monoisotopic (exact) mass is 452 g/mol. The van der Waals surface area contributed by atoms with Crippen LogP contribution in [0.1, 0.15) is 34.7 Å². The standard InChI is InChI=1S/C24H32N6O3/c1-3-29(4-2)15-17-16-33-14-13-30(17)12-11-25-24(32)21-10-9-20-22(27-21)26-19-8-6-5-7-18(19)23(31)28-20/h5-10,17H,3-4,11-16H2,1-2H3,(H,25,32)(H,26,27)(H,28,31). The highest BCUT2D eigenvalue weighted by atomic mass is 16.5. The molecule has 2 aliphatic heterocycles. The summed E-state index contributed by atoms with van der Waals surface area (Å²) in [5, 5.41) is 9.00. The van der Waals surface area contributed by atoms with Crippen LogP contribution in [0.4, 0.5) is 17.2 Å². The van der Waals surface area contributed by atoms with E-state index in [1.165, 1.54) is 0 Å². The first kappa shape index (κ1) is 23.2. The fourth-order valence-corrected chi connectivity index (χ4v) is 4.22. The predicted octanol–water partition coefficient (Wildman–Crippen LogP) is 2.16. The predicted molar refractivity (Wildman–Crippen MR) is 128 cm³/mol. The number of hydrogen-bond donors (Lipinski definition) is 3. The lowest BCUT2D eigenvalue weighted by atomic mass is 10.1. The van der Waals surface area contributed by atoms with Crippen molar-refractivity contribution in [1.82, 2.24) is 20.1 Å². The topological polar surface area (TPSA) is 98.8 Å². The number of para-hydroxylation sites is 1. The minimum Gasteiger partial charge on any atom is -0.378 e. The van der Waals surface area contributed by atoms with Gasteiger partial charge in [-0.05, 0) is 37.4 Å². The molecule has 9 nitrogen and oxygen atoms in total. The summed E-state index contributed by atoms with van der Waals surface area (Å²) in [7, 11) is 0. The van der Waals surface area contributed by atoms with Crippen molar-refractivity contribution in [2.75, 3.05) is 63.1 Å². The van der Waals surface area contributed by atoms with Gasteiger partial charge in [0.25, 0.3) is 11.8 Å². The zero-order valence-corrected chi connectivity index (χ0v) is 19.3. The summed E-state index contributed by atoms with van der Waals surface area (Å²) in [5.74, 6) is 0.00561. The summed E-state index contributed by atoms with van der Waals surface area (Å²) < 4.78 is 5.69. The molecule has 4 rings (SSSR count). The summed E-state index contributed by atoms with van der Waals surface area (Å²) in [6.45, 7) is 10.9. The van der Waals surface area contributed by atoms with E-state index in [2.05, 4.69) is 44.6 Å². The molecule has 9 heteroatoms. The van der Waals surface area contributed by atoms with E-state index in [1.54, 1.807) is 18.2 Å². The van der Waals surface area contributed by atoms with E-state index in [-0.39, 0.29) is 11.8 Å². The molecule has 1 aromatic heterocycles. The van der Waals surface area contributed by atoms with E-state index in [9.17, 15) is 9.59 Å². The number of carbonyl (C=O) groups excluding carboxylic acids is 2. The zero-order chi connectivity index (χ0) is 23.2. The number of carbonyl (C=O) groups is 2. The molecule has 1 atom stereocenters. The van der Waals surface area contributed by atoms with Gasteiger partial charge in [0.1, 0.15) is 5.69 Å². The zero-order valence-electron chi connectivity index (χ0n) is 19.3. The van der Waals surface area contributed by atoms with Crippen molar-refractivity contribution in [3.63, 3.8) is 0 Å². The third-order valence-electron chi connectivity index (χ3n) is 6.20. The van der Waals surface area contributed by atoms with Gasteiger partial charge < -0.3 is 25.6 Å². The number of nitrogens with zero attached hydrogens (tertiary/aromatic N) is 3. The van der Waals surface area contributed by atoms with Crippen molar-refractivity contribution in [3.05, 3.63) is 47.7 Å². The van der Waals surface area contributed by atoms with Crippen molar-refractivity contribution < 1.29 is 14.3 Å². The molecule has 3 heterocycles. The number of rotatable bonds is 8. The van der Waals surface area contributed by atoms with E-state index in [0.717, 1.165) is 39.3 Å². The number of pyridine rings is 1. The SMILES string of the molecule is CCN(CC)CC1COCCN1CCNC(=O)c1ccc2c(n1)Nc1ccccc1C(=O)N2. The largest absolute Gasteiger partial charge is 0.378 e. The maximum absolute atomic E-state index is 12.8. The summed E-state index contributed by atoms with van der Waals surface area (Å²) in [6.07, 6.45) is 0. The maximum atomic E-state index is 12.8. The summed E-state index contributed by atoms with van der Waals surface area (Å²) in [4.78, 5) is 34.5. The maximum Gasteiger partial charge on any atom is 0.270 e. The normalized spacial score (nSPS) is 18.0. The number of fused-ring (bicyclic) bond motifs is 2. The Balaban J connectivity index is 1.37. The number of benzene rings is 1. The molecular formula is C24H32N6O3. The van der Waals surface area contributed by atoms with Crippen LogP contribution in [0.3, 0.4) is 0 Å². The molecule has 1 saturated heterocycles. The van der Waals surface area contributed by atoms with Crippen LogP contribution in [0.5, 0.6) is 0 Å². The molecule has 0 spiro atoms. The van der Waals surface area contributed by atoms with Crippen LogP contribution in [-0.2, 0) is 4.74 Å². The van der Waals surface area contributed by atoms with Crippen molar-refractivity contribution in [1.29, 1.82) is 0 Å². The summed E-state index contributed by atoms with van der Waals surface area (Å²) >= 11 is 0. The lowest BCUT2D eigenvalue weighted by molar-refractivity contribution is -0.0181. The number of aromatic nitrogens is 1. The van der Waals surface area contributed by atoms with E-state index >= 15 is 0 Å². The van der Waals surface area contributed by atoms with Gasteiger partial charge in [-0.1, -0.05) is 26.0 Å². The Labute approximate surface area is 194 Å². The van der Waals surface area contributed by atoms with Crippen LogP contribution >= 0.6 is 0 Å². The molecule has 1 aromatic carbocycles. The molecule has 1 unspecified atom stereocenters. The van der Waals surface area contributed by atoms with Crippen molar-refractivity contribution >= 4 is 29.0 Å². The summed E-state index contributed by atoms with van der Waals surface area (Å²) in [5.41, 5.74) is 2.04. The Morgan fingerprint density at radius 3 is 2.82 bits per heavy atom. The minimum atomic E-state index is -0.239. The Bertz CT molecular complexity index is 994. The Morgan fingerprint density at radius 2 is 2.00 bits per heavy atom. The number of nitrogens with one attached hydrogen (secondary N) is 3. The Kier molecular flexibility index (Phi) is 7.54. The highest BCUT2D eigenvalue weighted by Crippen LogP contribution is 2.30. The molecular weight excluding hydrogens is 420 g/mol. The van der Waals surface area contributed by atoms with Crippen LogP contribution in [0.15, 0.2) is 36.4 Å². The van der Waals surface area contributed by atoms with Gasteiger partial charge in [0.05, 0.1) is 30.2 Å². The molecule has 0 radical (unpaired) electrons. The van der Waals surface area contributed by atoms with Crippen LogP contribution in [-0.4, -0.2) is 85.1 Å². The lowest BCUT2D eigenvalue weighted by Crippen LogP contribution is -2.53. The van der Waals surface area contributed by atoms with Gasteiger partial charge in [-0.25, -0.2) is 4.98 Å². The molecule has 0 bridgehead atoms. The quantitative estimate of drug-likeness (QED) is 0.565. The molecule has 0 aliphatic carbocycles. The fourth-order valence-electron chi connectivity index (χ4n) is 4.22. The Hall–Kier alpha value is -3.01. The van der Waals surface area contributed by atoms with Gasteiger partial charge in [-0.3, -0.25) is 14.5 Å². The van der Waals surface area contributed by atoms with E-state index < -0.39 is 0 Å². The first-order valence-electron chi connectivity index (χ1n) is 11.6. The average molecular weight is 453 g/mol. The van der Waals surface area contributed by atoms with Crippen molar-refractivity contribution in [2.45, 2.75) is 19.9 Å². The third-order valence-corrected chi connectivity index (χ3v) is 6.20. The second kappa shape index (κ2) is 10.7. The molecule has 3 N–H and O–H groups in total. The first-order chi connectivity index (χ1) is 16.1. The average Bonchev–Trinajstić information content (AvgIpc) is 2.98. The van der Waals surface area contributed by atoms with Crippen LogP contribution < -0.4 is 16.0 Å². The number of hydrogen-bond acceptors (Lipinski definition) is 7. The van der Waals surface area contributed by atoms with Gasteiger partial charge in [0.2, 0.25) is 0 Å². The molecule has 2 aliphatic rings. The third kappa shape index (κ3) is 5.50. The second-order valence-electron chi connectivity index (χ2n) is 8.22. The summed E-state index contributed by atoms with van der Waals surface area (Å²) in [6, 6.07) is 10.9. The van der Waals surface area contributed by atoms with Gasteiger partial charge in [0, 0.05) is 32.2 Å². The number of morpholine rings is 1. The number of likely N-dealkylation sites (N-methyl/N-ethyl adjacent to an activating group) is 1. The van der Waals surface area contributed by atoms with Gasteiger partial charge >= 0.3 is 0 Å².